The van der Waals surface area contributed by atoms with E-state index in [1.807, 2.05) is 30.3 Å². The van der Waals surface area contributed by atoms with Gasteiger partial charge in [0.1, 0.15) is 5.75 Å². The van der Waals surface area contributed by atoms with Crippen LogP contribution in [0, 0.1) is 0 Å². The first-order chi connectivity index (χ1) is 12.2. The third-order valence-corrected chi connectivity index (χ3v) is 5.05. The topological polar surface area (TPSA) is 69.4 Å². The number of nitrogens with zero attached hydrogens (tertiary/aromatic N) is 4. The van der Waals surface area contributed by atoms with E-state index < -0.39 is 0 Å². The van der Waals surface area contributed by atoms with Crippen LogP contribution in [0.2, 0.25) is 0 Å². The molecule has 0 aliphatic rings. The second kappa shape index (κ2) is 6.38. The summed E-state index contributed by atoms with van der Waals surface area (Å²) in [7, 11) is 1.60. The van der Waals surface area contributed by atoms with Crippen molar-refractivity contribution in [3.63, 3.8) is 0 Å². The molecule has 0 saturated carbocycles. The van der Waals surface area contributed by atoms with Crippen molar-refractivity contribution in [1.29, 1.82) is 0 Å². The highest BCUT2D eigenvalue weighted by atomic mass is 79.9. The number of hydrogen-bond donors (Lipinski definition) is 0. The van der Waals surface area contributed by atoms with Gasteiger partial charge in [-0.15, -0.1) is 5.10 Å². The molecular formula is C17H11BrN4O2S. The van der Waals surface area contributed by atoms with Gasteiger partial charge in [0.25, 0.3) is 5.56 Å². The average molecular weight is 415 g/mol. The van der Waals surface area contributed by atoms with Crippen LogP contribution >= 0.6 is 27.3 Å². The molecule has 0 amide bonds. The van der Waals surface area contributed by atoms with Gasteiger partial charge in [-0.3, -0.25) is 9.78 Å². The molecule has 0 unspecified atom stereocenters. The molecule has 25 heavy (non-hydrogen) atoms. The minimum Gasteiger partial charge on any atom is -0.496 e. The van der Waals surface area contributed by atoms with Crippen molar-refractivity contribution < 1.29 is 4.74 Å². The fourth-order valence-electron chi connectivity index (χ4n) is 2.42. The second-order valence-electron chi connectivity index (χ2n) is 5.17. The van der Waals surface area contributed by atoms with Gasteiger partial charge in [-0.2, -0.15) is 9.50 Å². The second-order valence-corrected chi connectivity index (χ2v) is 7.09. The van der Waals surface area contributed by atoms with E-state index in [2.05, 4.69) is 31.0 Å². The van der Waals surface area contributed by atoms with Crippen LogP contribution in [0.25, 0.3) is 22.4 Å². The molecule has 3 aromatic heterocycles. The number of methoxy groups -OCH3 is 1. The number of pyridine rings is 1. The molecule has 0 bridgehead atoms. The lowest BCUT2D eigenvalue weighted by Crippen LogP contribution is -2.23. The molecule has 4 rings (SSSR count). The fourth-order valence-corrected chi connectivity index (χ4v) is 3.69. The maximum absolute atomic E-state index is 12.6. The summed E-state index contributed by atoms with van der Waals surface area (Å²) in [6, 6.07) is 9.25. The fraction of sp³-hybridized carbons (Fsp3) is 0.0588. The van der Waals surface area contributed by atoms with E-state index in [4.69, 9.17) is 4.74 Å². The molecule has 4 aromatic rings. The number of rotatable bonds is 3. The molecular weight excluding hydrogens is 404 g/mol. The van der Waals surface area contributed by atoms with Gasteiger partial charge in [0.05, 0.1) is 11.6 Å². The standard InChI is InChI=1S/C17H11BrN4O2S/c1-24-13-3-2-12(18)8-11(13)9-14-16(23)22-17(25-14)20-15(21-22)10-4-6-19-7-5-10/h2-9H,1H3. The molecule has 0 N–H and O–H groups in total. The Kier molecular flexibility index (Phi) is 4.06. The lowest BCUT2D eigenvalue weighted by molar-refractivity contribution is 0.414. The molecule has 6 nitrogen and oxygen atoms in total. The summed E-state index contributed by atoms with van der Waals surface area (Å²) in [6.45, 7) is 0. The molecule has 0 aliphatic heterocycles. The van der Waals surface area contributed by atoms with Crippen LogP contribution in [-0.2, 0) is 0 Å². The van der Waals surface area contributed by atoms with Gasteiger partial charge in [0.15, 0.2) is 5.82 Å². The Hall–Kier alpha value is -2.58. The van der Waals surface area contributed by atoms with Crippen molar-refractivity contribution in [2.24, 2.45) is 0 Å². The molecule has 0 radical (unpaired) electrons. The molecule has 0 spiro atoms. The zero-order valence-corrected chi connectivity index (χ0v) is 15.4. The zero-order valence-electron chi connectivity index (χ0n) is 13.0. The molecule has 124 valence electrons. The van der Waals surface area contributed by atoms with E-state index in [0.717, 1.165) is 15.6 Å². The smallest absolute Gasteiger partial charge is 0.291 e. The number of thiazole rings is 1. The largest absolute Gasteiger partial charge is 0.496 e. The molecule has 0 fully saturated rings. The average Bonchev–Trinajstić information content (AvgIpc) is 3.16. The molecule has 0 atom stereocenters. The molecule has 8 heteroatoms. The van der Waals surface area contributed by atoms with Crippen LogP contribution in [-0.4, -0.2) is 26.7 Å². The SMILES string of the molecule is COc1ccc(Br)cc1C=c1sc2nc(-c3ccncc3)nn2c1=O. The Labute approximate surface area is 154 Å². The van der Waals surface area contributed by atoms with Gasteiger partial charge in [-0.05, 0) is 36.4 Å². The van der Waals surface area contributed by atoms with Crippen molar-refractivity contribution in [1.82, 2.24) is 19.6 Å². The number of hydrogen-bond acceptors (Lipinski definition) is 6. The highest BCUT2D eigenvalue weighted by Crippen LogP contribution is 2.23. The summed E-state index contributed by atoms with van der Waals surface area (Å²) in [4.78, 5) is 21.6. The minimum atomic E-state index is -0.199. The predicted molar refractivity (Wildman–Crippen MR) is 99.8 cm³/mol. The highest BCUT2D eigenvalue weighted by molar-refractivity contribution is 9.10. The van der Waals surface area contributed by atoms with Crippen LogP contribution in [0.4, 0.5) is 0 Å². The van der Waals surface area contributed by atoms with Gasteiger partial charge < -0.3 is 4.74 Å². The first-order valence-electron chi connectivity index (χ1n) is 7.31. The minimum absolute atomic E-state index is 0.199. The monoisotopic (exact) mass is 414 g/mol. The molecule has 3 heterocycles. The Balaban J connectivity index is 1.85. The number of aromatic nitrogens is 4. The third-order valence-electron chi connectivity index (χ3n) is 3.60. The summed E-state index contributed by atoms with van der Waals surface area (Å²) < 4.78 is 8.14. The van der Waals surface area contributed by atoms with Crippen LogP contribution in [0.15, 0.2) is 52.0 Å². The van der Waals surface area contributed by atoms with Crippen molar-refractivity contribution in [2.45, 2.75) is 0 Å². The number of ether oxygens (including phenoxy) is 1. The maximum atomic E-state index is 12.6. The number of halogens is 1. The summed E-state index contributed by atoms with van der Waals surface area (Å²) in [5.74, 6) is 1.21. The maximum Gasteiger partial charge on any atom is 0.291 e. The molecule has 1 aromatic carbocycles. The van der Waals surface area contributed by atoms with Crippen molar-refractivity contribution in [3.05, 3.63) is 67.6 Å². The normalized spacial score (nSPS) is 12.0. The Morgan fingerprint density at radius 3 is 2.76 bits per heavy atom. The predicted octanol–water partition coefficient (Wildman–Crippen LogP) is 2.53. The van der Waals surface area contributed by atoms with E-state index in [1.54, 1.807) is 25.6 Å². The molecule has 0 aliphatic carbocycles. The zero-order chi connectivity index (χ0) is 17.4. The van der Waals surface area contributed by atoms with Crippen LogP contribution in [0.3, 0.4) is 0 Å². The Morgan fingerprint density at radius 2 is 2.04 bits per heavy atom. The number of fused-ring (bicyclic) bond motifs is 1. The van der Waals surface area contributed by atoms with Crippen molar-refractivity contribution in [3.8, 4) is 17.1 Å². The first-order valence-corrected chi connectivity index (χ1v) is 8.92. The van der Waals surface area contributed by atoms with E-state index in [1.165, 1.54) is 15.9 Å². The van der Waals surface area contributed by atoms with Gasteiger partial charge in [-0.25, -0.2) is 0 Å². The van der Waals surface area contributed by atoms with Gasteiger partial charge >= 0.3 is 0 Å². The van der Waals surface area contributed by atoms with E-state index in [-0.39, 0.29) is 5.56 Å². The number of benzene rings is 1. The summed E-state index contributed by atoms with van der Waals surface area (Å²) in [5, 5.41) is 4.32. The Morgan fingerprint density at radius 1 is 1.24 bits per heavy atom. The van der Waals surface area contributed by atoms with Gasteiger partial charge in [0, 0.05) is 28.0 Å². The highest BCUT2D eigenvalue weighted by Gasteiger charge is 2.12. The lowest BCUT2D eigenvalue weighted by atomic mass is 10.2. The molecule has 0 saturated heterocycles. The van der Waals surface area contributed by atoms with Crippen LogP contribution in [0.5, 0.6) is 5.75 Å². The quantitative estimate of drug-likeness (QED) is 0.515. The Bertz CT molecular complexity index is 1170. The summed E-state index contributed by atoms with van der Waals surface area (Å²) >= 11 is 4.73. The van der Waals surface area contributed by atoms with E-state index in [0.29, 0.717) is 21.1 Å². The van der Waals surface area contributed by atoms with Gasteiger partial charge in [0.2, 0.25) is 4.96 Å². The first kappa shape index (κ1) is 15.9. The van der Waals surface area contributed by atoms with Crippen LogP contribution in [0.1, 0.15) is 5.56 Å². The van der Waals surface area contributed by atoms with Crippen molar-refractivity contribution >= 4 is 38.3 Å². The van der Waals surface area contributed by atoms with Crippen LogP contribution < -0.4 is 14.8 Å². The van der Waals surface area contributed by atoms with Crippen molar-refractivity contribution in [2.75, 3.05) is 7.11 Å². The van der Waals surface area contributed by atoms with Gasteiger partial charge in [-0.1, -0.05) is 27.3 Å². The third kappa shape index (κ3) is 2.94. The summed E-state index contributed by atoms with van der Waals surface area (Å²) in [6.07, 6.45) is 5.13. The lowest BCUT2D eigenvalue weighted by Gasteiger charge is -2.04. The summed E-state index contributed by atoms with van der Waals surface area (Å²) in [5.41, 5.74) is 1.44. The van der Waals surface area contributed by atoms with E-state index >= 15 is 0 Å². The van der Waals surface area contributed by atoms with E-state index in [9.17, 15) is 4.79 Å².